The molecule has 0 radical (unpaired) electrons. The highest BCUT2D eigenvalue weighted by atomic mass is 32.1. The highest BCUT2D eigenvalue weighted by Gasteiger charge is 2.48. The van der Waals surface area contributed by atoms with Crippen LogP contribution >= 0.6 is 22.7 Å². The molecule has 0 nitrogen and oxygen atoms in total. The number of benzene rings is 6. The Morgan fingerprint density at radius 3 is 0.896 bits per heavy atom. The van der Waals surface area contributed by atoms with Crippen molar-refractivity contribution in [1.29, 1.82) is 0 Å². The number of hydrogen-bond donors (Lipinski definition) is 0. The van der Waals surface area contributed by atoms with Gasteiger partial charge in [0.25, 0.3) is 0 Å². The van der Waals surface area contributed by atoms with Crippen molar-refractivity contribution in [1.82, 2.24) is 0 Å². The molecule has 0 N–H and O–H groups in total. The van der Waals surface area contributed by atoms with Gasteiger partial charge in [0.2, 0.25) is 0 Å². The third kappa shape index (κ3) is 3.65. The highest BCUT2D eigenvalue weighted by molar-refractivity contribution is 7.22. The zero-order valence-electron chi connectivity index (χ0n) is 26.1. The van der Waals surface area contributed by atoms with Crippen molar-refractivity contribution >= 4 is 22.7 Å². The molecule has 226 valence electrons. The number of fused-ring (bicyclic) bond motifs is 6. The van der Waals surface area contributed by atoms with Gasteiger partial charge >= 0.3 is 0 Å². The molecule has 2 aliphatic carbocycles. The van der Waals surface area contributed by atoms with E-state index in [0.717, 1.165) is 0 Å². The van der Waals surface area contributed by atoms with Crippen LogP contribution in [-0.4, -0.2) is 0 Å². The van der Waals surface area contributed by atoms with E-state index in [1.165, 1.54) is 75.1 Å². The Hall–Kier alpha value is -5.28. The Morgan fingerprint density at radius 1 is 0.271 bits per heavy atom. The Kier molecular flexibility index (Phi) is 6.15. The monoisotopic (exact) mass is 646 g/mol. The lowest BCUT2D eigenvalue weighted by Crippen LogP contribution is -2.27. The van der Waals surface area contributed by atoms with E-state index in [4.69, 9.17) is 0 Å². The van der Waals surface area contributed by atoms with E-state index in [2.05, 4.69) is 182 Å². The van der Waals surface area contributed by atoms with Gasteiger partial charge in [-0.1, -0.05) is 158 Å². The molecule has 0 aliphatic heterocycles. The Balaban J connectivity index is 1.18. The first-order chi connectivity index (χ1) is 23.8. The number of thiophene rings is 2. The van der Waals surface area contributed by atoms with Crippen molar-refractivity contribution in [2.45, 2.75) is 10.8 Å². The zero-order valence-corrected chi connectivity index (χ0v) is 27.8. The molecule has 0 unspecified atom stereocenters. The molecule has 0 saturated carbocycles. The second kappa shape index (κ2) is 10.6. The van der Waals surface area contributed by atoms with Crippen LogP contribution < -0.4 is 0 Å². The van der Waals surface area contributed by atoms with Crippen molar-refractivity contribution in [3.8, 4) is 32.0 Å². The van der Waals surface area contributed by atoms with Gasteiger partial charge in [-0.15, -0.1) is 22.7 Å². The fourth-order valence-electron chi connectivity index (χ4n) is 8.63. The quantitative estimate of drug-likeness (QED) is 0.175. The molecule has 0 bridgehead atoms. The van der Waals surface area contributed by atoms with Gasteiger partial charge in [-0.25, -0.2) is 0 Å². The lowest BCUT2D eigenvalue weighted by molar-refractivity contribution is 0.787. The zero-order chi connectivity index (χ0) is 31.7. The van der Waals surface area contributed by atoms with E-state index >= 15 is 0 Å². The van der Waals surface area contributed by atoms with Gasteiger partial charge < -0.3 is 0 Å². The fraction of sp³-hybridized carbons (Fsp3) is 0.0435. The summed E-state index contributed by atoms with van der Waals surface area (Å²) in [6.07, 6.45) is 0. The maximum absolute atomic E-state index is 2.39. The lowest BCUT2D eigenvalue weighted by atomic mass is 9.71. The SMILES string of the molecule is c1ccc(C2(c3ccc(-c4ccc(C5(c6ccccc6)c6ccccc6-c6ccccc65)s4)s3)c3ccccc3-c3ccccc32)cc1. The van der Waals surface area contributed by atoms with E-state index in [1.807, 2.05) is 22.7 Å². The van der Waals surface area contributed by atoms with E-state index in [-0.39, 0.29) is 10.8 Å². The van der Waals surface area contributed by atoms with E-state index in [0.29, 0.717) is 0 Å². The van der Waals surface area contributed by atoms with Crippen LogP contribution in [0.2, 0.25) is 0 Å². The summed E-state index contributed by atoms with van der Waals surface area (Å²) in [5.41, 5.74) is 12.6. The molecule has 48 heavy (non-hydrogen) atoms. The average Bonchev–Trinajstić information content (AvgIpc) is 3.95. The molecular weight excluding hydrogens is 617 g/mol. The van der Waals surface area contributed by atoms with Crippen LogP contribution in [0.3, 0.4) is 0 Å². The van der Waals surface area contributed by atoms with Crippen LogP contribution in [0, 0.1) is 0 Å². The summed E-state index contributed by atoms with van der Waals surface area (Å²) in [4.78, 5) is 5.32. The molecule has 0 spiro atoms. The number of rotatable bonds is 5. The van der Waals surface area contributed by atoms with Crippen LogP contribution in [0.25, 0.3) is 32.0 Å². The summed E-state index contributed by atoms with van der Waals surface area (Å²) in [6.45, 7) is 0. The lowest BCUT2D eigenvalue weighted by Gasteiger charge is -2.32. The van der Waals surface area contributed by atoms with Crippen LogP contribution in [0.1, 0.15) is 43.1 Å². The van der Waals surface area contributed by atoms with Crippen molar-refractivity contribution < 1.29 is 0 Å². The predicted octanol–water partition coefficient (Wildman–Crippen LogP) is 12.2. The topological polar surface area (TPSA) is 0 Å². The largest absolute Gasteiger partial charge is 0.138 e. The molecule has 2 aliphatic rings. The third-order valence-electron chi connectivity index (χ3n) is 10.5. The smallest absolute Gasteiger partial charge is 0.0807 e. The van der Waals surface area contributed by atoms with Gasteiger partial charge in [0.1, 0.15) is 0 Å². The number of hydrogen-bond acceptors (Lipinski definition) is 2. The van der Waals surface area contributed by atoms with Crippen molar-refractivity contribution in [3.63, 3.8) is 0 Å². The Labute approximate surface area is 289 Å². The molecule has 6 aromatic carbocycles. The minimum absolute atomic E-state index is 0.369. The second-order valence-electron chi connectivity index (χ2n) is 12.7. The summed E-state index contributed by atoms with van der Waals surface area (Å²) >= 11 is 3.87. The maximum Gasteiger partial charge on any atom is 0.0807 e. The molecule has 0 fully saturated rings. The Morgan fingerprint density at radius 2 is 0.562 bits per heavy atom. The van der Waals surface area contributed by atoms with E-state index in [9.17, 15) is 0 Å². The van der Waals surface area contributed by atoms with Crippen LogP contribution in [0.15, 0.2) is 182 Å². The van der Waals surface area contributed by atoms with E-state index < -0.39 is 0 Å². The standard InChI is InChI=1S/C46H30S2/c1-3-15-31(16-4-1)45(37-23-11-7-19-33(37)34-20-8-12-24-38(34)45)43-29-27-41(47-43)42-28-30-44(48-42)46(32-17-5-2-6-18-32)39-25-13-9-21-35(39)36-22-10-14-26-40(36)46/h1-30H. The van der Waals surface area contributed by atoms with E-state index in [1.54, 1.807) is 0 Å². The molecule has 2 heteroatoms. The van der Waals surface area contributed by atoms with Gasteiger partial charge in [0, 0.05) is 19.5 Å². The maximum atomic E-state index is 2.39. The highest BCUT2D eigenvalue weighted by Crippen LogP contribution is 2.60. The second-order valence-corrected chi connectivity index (χ2v) is 14.9. The first kappa shape index (κ1) is 27.8. The summed E-state index contributed by atoms with van der Waals surface area (Å²) in [5.74, 6) is 0. The molecule has 0 atom stereocenters. The first-order valence-corrected chi connectivity index (χ1v) is 18.2. The molecule has 0 amide bonds. The average molecular weight is 647 g/mol. The van der Waals surface area contributed by atoms with Crippen LogP contribution in [0.4, 0.5) is 0 Å². The minimum Gasteiger partial charge on any atom is -0.138 e. The Bertz CT molecular complexity index is 2200. The molecule has 2 heterocycles. The normalized spacial score (nSPS) is 14.6. The predicted molar refractivity (Wildman–Crippen MR) is 202 cm³/mol. The van der Waals surface area contributed by atoms with Crippen LogP contribution in [0.5, 0.6) is 0 Å². The van der Waals surface area contributed by atoms with Crippen molar-refractivity contribution in [2.75, 3.05) is 0 Å². The summed E-state index contributed by atoms with van der Waals surface area (Å²) < 4.78 is 0. The van der Waals surface area contributed by atoms with Gasteiger partial charge in [-0.05, 0) is 79.9 Å². The van der Waals surface area contributed by atoms with Crippen LogP contribution in [-0.2, 0) is 10.8 Å². The van der Waals surface area contributed by atoms with Gasteiger partial charge in [0.15, 0.2) is 0 Å². The molecule has 2 aromatic heterocycles. The van der Waals surface area contributed by atoms with Gasteiger partial charge in [-0.3, -0.25) is 0 Å². The fourth-order valence-corrected chi connectivity index (χ4v) is 11.2. The minimum atomic E-state index is -0.369. The van der Waals surface area contributed by atoms with Crippen molar-refractivity contribution in [3.05, 3.63) is 225 Å². The summed E-state index contributed by atoms with van der Waals surface area (Å²) in [6, 6.07) is 67.7. The van der Waals surface area contributed by atoms with Crippen molar-refractivity contribution in [2.24, 2.45) is 0 Å². The summed E-state index contributed by atoms with van der Waals surface area (Å²) in [5, 5.41) is 0. The molecule has 8 aromatic rings. The first-order valence-electron chi connectivity index (χ1n) is 16.5. The summed E-state index contributed by atoms with van der Waals surface area (Å²) in [7, 11) is 0. The van der Waals surface area contributed by atoms with Gasteiger partial charge in [-0.2, -0.15) is 0 Å². The molecule has 0 saturated heterocycles. The van der Waals surface area contributed by atoms with Gasteiger partial charge in [0.05, 0.1) is 10.8 Å². The third-order valence-corrected chi connectivity index (χ3v) is 13.1. The molecule has 10 rings (SSSR count). The molecular formula is C46H30S2.